The first-order chi connectivity index (χ1) is 30.4. The minimum absolute atomic E-state index is 0.0740. The molecule has 0 aliphatic rings. The highest BCUT2D eigenvalue weighted by Crippen LogP contribution is 2.46. The first kappa shape index (κ1) is 45.5. The molecular formula is C60H68N4O. The van der Waals surface area contributed by atoms with E-state index in [-0.39, 0.29) is 27.4 Å². The zero-order valence-corrected chi connectivity index (χ0v) is 41.5. The minimum Gasteiger partial charge on any atom is -0.507 e. The lowest BCUT2D eigenvalue weighted by Crippen LogP contribution is -2.17. The second kappa shape index (κ2) is 16.4. The van der Waals surface area contributed by atoms with Gasteiger partial charge in [-0.15, -0.1) is 0 Å². The number of aromatic hydroxyl groups is 1. The minimum atomic E-state index is -0.325. The Balaban J connectivity index is 1.49. The number of aromatic nitrogens is 4. The topological polar surface area (TPSA) is 63.8 Å². The Morgan fingerprint density at radius 3 is 1.85 bits per heavy atom. The summed E-state index contributed by atoms with van der Waals surface area (Å²) in [5, 5.41) is 13.7. The molecule has 65 heavy (non-hydrogen) atoms. The Morgan fingerprint density at radius 2 is 1.20 bits per heavy atom. The summed E-state index contributed by atoms with van der Waals surface area (Å²) in [5.41, 5.74) is 17.0. The van der Waals surface area contributed by atoms with Gasteiger partial charge in [0.05, 0.1) is 33.5 Å². The van der Waals surface area contributed by atoms with Crippen LogP contribution < -0.4 is 0 Å². The predicted octanol–water partition coefficient (Wildman–Crippen LogP) is 16.0. The van der Waals surface area contributed by atoms with Gasteiger partial charge in [0, 0.05) is 27.6 Å². The number of hydrogen-bond acceptors (Lipinski definition) is 4. The molecule has 5 nitrogen and oxygen atoms in total. The van der Waals surface area contributed by atoms with Crippen LogP contribution in [-0.2, 0) is 28.1 Å². The van der Waals surface area contributed by atoms with Gasteiger partial charge < -0.3 is 5.11 Å². The monoisotopic (exact) mass is 861 g/mol. The number of fused-ring (bicyclic) bond motifs is 2. The summed E-state index contributed by atoms with van der Waals surface area (Å²) in [5.74, 6) is 1.49. The number of imidazole rings is 1. The van der Waals surface area contributed by atoms with Gasteiger partial charge in [0.1, 0.15) is 17.9 Å². The average Bonchev–Trinajstić information content (AvgIpc) is 3.61. The summed E-state index contributed by atoms with van der Waals surface area (Å²) >= 11 is 0. The molecule has 0 saturated heterocycles. The molecule has 0 fully saturated rings. The number of phenols is 1. The number of hydrogen-bond donors (Lipinski definition) is 1. The van der Waals surface area contributed by atoms with Gasteiger partial charge in [-0.05, 0) is 122 Å². The van der Waals surface area contributed by atoms with Crippen molar-refractivity contribution >= 4 is 21.9 Å². The molecule has 0 unspecified atom stereocenters. The number of benzene rings is 6. The van der Waals surface area contributed by atoms with Gasteiger partial charge >= 0.3 is 0 Å². The van der Waals surface area contributed by atoms with Gasteiger partial charge in [-0.25, -0.2) is 15.0 Å². The van der Waals surface area contributed by atoms with Crippen molar-refractivity contribution in [1.29, 1.82) is 0 Å². The van der Waals surface area contributed by atoms with Crippen LogP contribution in [0.25, 0.3) is 72.5 Å². The lowest BCUT2D eigenvalue weighted by atomic mass is 9.79. The van der Waals surface area contributed by atoms with E-state index in [0.29, 0.717) is 17.3 Å². The lowest BCUT2D eigenvalue weighted by molar-refractivity contribution is 0.446. The maximum Gasteiger partial charge on any atom is 0.149 e. The highest BCUT2D eigenvalue weighted by Gasteiger charge is 2.30. The largest absolute Gasteiger partial charge is 0.507 e. The van der Waals surface area contributed by atoms with Crippen LogP contribution in [0.4, 0.5) is 0 Å². The van der Waals surface area contributed by atoms with Gasteiger partial charge in [-0.3, -0.25) is 4.57 Å². The third-order valence-corrected chi connectivity index (χ3v) is 12.9. The number of rotatable bonds is 7. The van der Waals surface area contributed by atoms with Gasteiger partial charge in [0.2, 0.25) is 0 Å². The molecule has 0 aliphatic carbocycles. The van der Waals surface area contributed by atoms with Crippen molar-refractivity contribution in [3.05, 3.63) is 149 Å². The molecule has 0 bridgehead atoms. The molecule has 0 aliphatic heterocycles. The van der Waals surface area contributed by atoms with Crippen molar-refractivity contribution in [1.82, 2.24) is 19.5 Å². The maximum absolute atomic E-state index is 12.6. The Bertz CT molecular complexity index is 3090. The number of phenolic OH excluding ortho intramolecular Hbond substituents is 1. The van der Waals surface area contributed by atoms with Crippen LogP contribution in [0.15, 0.2) is 116 Å². The van der Waals surface area contributed by atoms with Crippen LogP contribution >= 0.6 is 0 Å². The van der Waals surface area contributed by atoms with E-state index >= 15 is 0 Å². The summed E-state index contributed by atoms with van der Waals surface area (Å²) in [7, 11) is 0. The molecular weight excluding hydrogens is 793 g/mol. The molecule has 5 heteroatoms. The summed E-state index contributed by atoms with van der Waals surface area (Å²) < 4.78 is 2.30. The second-order valence-corrected chi connectivity index (χ2v) is 22.9. The average molecular weight is 861 g/mol. The molecule has 0 saturated carbocycles. The zero-order valence-electron chi connectivity index (χ0n) is 41.5. The fraction of sp³-hybridized carbons (Fsp3) is 0.350. The Hall–Kier alpha value is -6.07. The van der Waals surface area contributed by atoms with E-state index in [1.807, 2.05) is 0 Å². The van der Waals surface area contributed by atoms with E-state index < -0.39 is 0 Å². The van der Waals surface area contributed by atoms with Crippen LogP contribution in [0, 0.1) is 12.8 Å². The van der Waals surface area contributed by atoms with Crippen LogP contribution in [0.3, 0.4) is 0 Å². The fourth-order valence-electron chi connectivity index (χ4n) is 9.21. The summed E-state index contributed by atoms with van der Waals surface area (Å²) in [6, 6.07) is 39.9. The molecule has 8 aromatic rings. The molecule has 2 aromatic heterocycles. The van der Waals surface area contributed by atoms with Gasteiger partial charge in [0.15, 0.2) is 0 Å². The van der Waals surface area contributed by atoms with Crippen molar-refractivity contribution in [2.75, 3.05) is 0 Å². The molecule has 0 spiro atoms. The molecule has 334 valence electrons. The molecule has 2 heterocycles. The fourth-order valence-corrected chi connectivity index (χ4v) is 9.21. The molecule has 1 N–H and O–H groups in total. The Morgan fingerprint density at radius 1 is 0.554 bits per heavy atom. The van der Waals surface area contributed by atoms with Crippen molar-refractivity contribution in [2.45, 2.75) is 132 Å². The first-order valence-electron chi connectivity index (χ1n) is 23.4. The second-order valence-electron chi connectivity index (χ2n) is 22.9. The first-order valence-corrected chi connectivity index (χ1v) is 23.4. The number of nitrogens with zero attached hydrogens (tertiary/aromatic N) is 4. The third kappa shape index (κ3) is 8.87. The van der Waals surface area contributed by atoms with Gasteiger partial charge in [0.25, 0.3) is 0 Å². The third-order valence-electron chi connectivity index (χ3n) is 12.9. The molecule has 8 rings (SSSR count). The summed E-state index contributed by atoms with van der Waals surface area (Å²) in [6.07, 6.45) is 2.70. The van der Waals surface area contributed by atoms with Crippen LogP contribution in [0.5, 0.6) is 5.75 Å². The molecule has 0 radical (unpaired) electrons. The van der Waals surface area contributed by atoms with E-state index in [4.69, 9.17) is 15.0 Å². The molecule has 0 atom stereocenters. The lowest BCUT2D eigenvalue weighted by Gasteiger charge is -2.28. The van der Waals surface area contributed by atoms with E-state index in [2.05, 4.69) is 218 Å². The maximum atomic E-state index is 12.6. The Kier molecular flexibility index (Phi) is 11.5. The van der Waals surface area contributed by atoms with Crippen LogP contribution in [-0.4, -0.2) is 24.6 Å². The SMILES string of the molecule is Cc1cc(CC(C)C)cc2c(-c3cc(-c4cccc5c4nc(-c4cc(C(C)(C)C)cc(C(C)(C)C)c4O)n5-c4ccc(C(C)(C)C)cc4-c4ccccc4)cc(C(C)(C)C)c3)ncnc12. The Labute approximate surface area is 388 Å². The van der Waals surface area contributed by atoms with E-state index in [1.165, 1.54) is 16.7 Å². The number of aryl methyl sites for hydroxylation is 1. The quantitative estimate of drug-likeness (QED) is 0.173. The van der Waals surface area contributed by atoms with Crippen molar-refractivity contribution < 1.29 is 5.11 Å². The summed E-state index contributed by atoms with van der Waals surface area (Å²) in [4.78, 5) is 15.5. The highest BCUT2D eigenvalue weighted by molar-refractivity contribution is 5.99. The van der Waals surface area contributed by atoms with Gasteiger partial charge in [-0.2, -0.15) is 0 Å². The zero-order chi connectivity index (χ0) is 47.0. The van der Waals surface area contributed by atoms with E-state index in [0.717, 1.165) is 84.2 Å². The van der Waals surface area contributed by atoms with Crippen LogP contribution in [0.1, 0.15) is 130 Å². The van der Waals surface area contributed by atoms with Gasteiger partial charge in [-0.1, -0.05) is 164 Å². The summed E-state index contributed by atoms with van der Waals surface area (Å²) in [6.45, 7) is 33.5. The number of para-hydroxylation sites is 1. The highest BCUT2D eigenvalue weighted by atomic mass is 16.3. The standard InChI is InChI=1S/C60H68N4O/c1-36(2)26-38-27-37(3)52-47(28-38)53(62-35-61-52)41-29-40(30-43(31-41)58(7,8)9)45-22-19-23-51-54(45)63-56(48-33-44(59(10,11)12)34-49(55(48)65)60(13,14)15)64(51)50-25-24-42(57(4,5)6)32-46(50)39-20-17-16-18-21-39/h16-25,27-36,65H,26H2,1-15H3. The van der Waals surface area contributed by atoms with Crippen molar-refractivity contribution in [3.8, 4) is 56.3 Å². The van der Waals surface area contributed by atoms with E-state index in [9.17, 15) is 5.11 Å². The van der Waals surface area contributed by atoms with Crippen molar-refractivity contribution in [2.24, 2.45) is 5.92 Å². The predicted molar refractivity (Wildman–Crippen MR) is 276 cm³/mol. The van der Waals surface area contributed by atoms with Crippen LogP contribution in [0.2, 0.25) is 0 Å². The van der Waals surface area contributed by atoms with E-state index in [1.54, 1.807) is 6.33 Å². The normalized spacial score (nSPS) is 12.8. The molecule has 0 amide bonds. The van der Waals surface area contributed by atoms with Crippen molar-refractivity contribution in [3.63, 3.8) is 0 Å². The molecule has 6 aromatic carbocycles. The smallest absolute Gasteiger partial charge is 0.149 e.